The summed E-state index contributed by atoms with van der Waals surface area (Å²) in [5.74, 6) is 2.08. The summed E-state index contributed by atoms with van der Waals surface area (Å²) >= 11 is 0. The maximum Gasteiger partial charge on any atom is 0.251 e. The Bertz CT molecular complexity index is 454. The average molecular weight is 478 g/mol. The number of hydrogen-bond acceptors (Lipinski definition) is 3. The summed E-state index contributed by atoms with van der Waals surface area (Å²) in [6, 6.07) is 0. The van der Waals surface area contributed by atoms with Crippen LogP contribution in [0.3, 0.4) is 0 Å². The molecule has 3 rings (SSSR count). The molecule has 150 valence electrons. The van der Waals surface area contributed by atoms with Crippen molar-refractivity contribution in [3.8, 4) is 0 Å². The number of guanidine groups is 1. The molecule has 0 aromatic carbocycles. The summed E-state index contributed by atoms with van der Waals surface area (Å²) in [5, 5.41) is 3.42. The Morgan fingerprint density at radius 3 is 2.38 bits per heavy atom. The second-order valence-corrected chi connectivity index (χ2v) is 7.49. The molecule has 1 atom stereocenters. The molecule has 0 aromatic heterocycles. The van der Waals surface area contributed by atoms with Crippen LogP contribution in [0.5, 0.6) is 0 Å². The van der Waals surface area contributed by atoms with Crippen LogP contribution < -0.4 is 5.32 Å². The molecule has 3 fully saturated rings. The normalized spacial score (nSPS) is 24.7. The molecular weight excluding hydrogens is 443 g/mol. The molecule has 2 saturated heterocycles. The van der Waals surface area contributed by atoms with Crippen LogP contribution in [0.1, 0.15) is 51.9 Å². The Morgan fingerprint density at radius 2 is 1.77 bits per heavy atom. The number of piperazine rings is 1. The highest BCUT2D eigenvalue weighted by molar-refractivity contribution is 14.0. The molecule has 1 unspecified atom stereocenters. The van der Waals surface area contributed by atoms with Gasteiger partial charge in [-0.3, -0.25) is 9.79 Å². The molecule has 2 aliphatic heterocycles. The quantitative estimate of drug-likeness (QED) is 0.375. The maximum atomic E-state index is 12.5. The first-order valence-electron chi connectivity index (χ1n) is 10.2. The van der Waals surface area contributed by atoms with Gasteiger partial charge in [-0.15, -0.1) is 24.0 Å². The predicted molar refractivity (Wildman–Crippen MR) is 115 cm³/mol. The van der Waals surface area contributed by atoms with Crippen LogP contribution in [-0.2, 0) is 9.53 Å². The molecule has 26 heavy (non-hydrogen) atoms. The summed E-state index contributed by atoms with van der Waals surface area (Å²) in [6.45, 7) is 7.90. The third-order valence-corrected chi connectivity index (χ3v) is 5.70. The number of amides is 1. The number of nitrogens with one attached hydrogen (secondary N) is 1. The van der Waals surface area contributed by atoms with E-state index in [9.17, 15) is 4.79 Å². The van der Waals surface area contributed by atoms with Crippen molar-refractivity contribution in [3.05, 3.63) is 0 Å². The fourth-order valence-corrected chi connectivity index (χ4v) is 4.19. The van der Waals surface area contributed by atoms with Gasteiger partial charge in [0.2, 0.25) is 0 Å². The van der Waals surface area contributed by atoms with Gasteiger partial charge in [-0.25, -0.2) is 0 Å². The van der Waals surface area contributed by atoms with Crippen LogP contribution >= 0.6 is 24.0 Å². The van der Waals surface area contributed by atoms with Gasteiger partial charge in [-0.1, -0.05) is 25.7 Å². The molecule has 2 heterocycles. The van der Waals surface area contributed by atoms with E-state index in [0.29, 0.717) is 0 Å². The van der Waals surface area contributed by atoms with Gasteiger partial charge in [0.1, 0.15) is 6.10 Å². The number of aliphatic imine (C=N–C) groups is 1. The van der Waals surface area contributed by atoms with E-state index in [0.717, 1.165) is 70.6 Å². The summed E-state index contributed by atoms with van der Waals surface area (Å²) in [4.78, 5) is 21.6. The lowest BCUT2D eigenvalue weighted by molar-refractivity contribution is -0.142. The van der Waals surface area contributed by atoms with Crippen molar-refractivity contribution in [2.24, 2.45) is 10.9 Å². The predicted octanol–water partition coefficient (Wildman–Crippen LogP) is 2.47. The smallest absolute Gasteiger partial charge is 0.251 e. The molecule has 6 nitrogen and oxygen atoms in total. The second kappa shape index (κ2) is 11.3. The third kappa shape index (κ3) is 5.97. The molecule has 0 bridgehead atoms. The van der Waals surface area contributed by atoms with Crippen molar-refractivity contribution in [1.82, 2.24) is 15.1 Å². The number of ether oxygens (including phenoxy) is 1. The van der Waals surface area contributed by atoms with Crippen LogP contribution in [0.2, 0.25) is 0 Å². The zero-order chi connectivity index (χ0) is 17.5. The molecule has 1 saturated carbocycles. The Morgan fingerprint density at radius 1 is 1.08 bits per heavy atom. The summed E-state index contributed by atoms with van der Waals surface area (Å²) in [5.41, 5.74) is 0. The van der Waals surface area contributed by atoms with E-state index in [1.807, 2.05) is 4.90 Å². The summed E-state index contributed by atoms with van der Waals surface area (Å²) in [6.07, 6.45) is 8.47. The fourth-order valence-electron chi connectivity index (χ4n) is 4.19. The first-order chi connectivity index (χ1) is 12.3. The minimum atomic E-state index is -0.195. The topological polar surface area (TPSA) is 57.2 Å². The van der Waals surface area contributed by atoms with E-state index in [1.165, 1.54) is 32.1 Å². The largest absolute Gasteiger partial charge is 0.368 e. The van der Waals surface area contributed by atoms with Crippen LogP contribution in [0.4, 0.5) is 0 Å². The fraction of sp³-hybridized carbons (Fsp3) is 0.895. The second-order valence-electron chi connectivity index (χ2n) is 7.49. The molecule has 0 aromatic rings. The zero-order valence-electron chi connectivity index (χ0n) is 16.1. The lowest BCUT2D eigenvalue weighted by atomic mass is 10.0. The van der Waals surface area contributed by atoms with Crippen molar-refractivity contribution in [2.75, 3.05) is 45.9 Å². The minimum absolute atomic E-state index is 0. The summed E-state index contributed by atoms with van der Waals surface area (Å²) in [7, 11) is 0. The first-order valence-corrected chi connectivity index (χ1v) is 10.2. The van der Waals surface area contributed by atoms with E-state index in [4.69, 9.17) is 9.73 Å². The van der Waals surface area contributed by atoms with E-state index in [-0.39, 0.29) is 36.0 Å². The van der Waals surface area contributed by atoms with Crippen molar-refractivity contribution < 1.29 is 9.53 Å². The van der Waals surface area contributed by atoms with Crippen molar-refractivity contribution in [3.63, 3.8) is 0 Å². The monoisotopic (exact) mass is 478 g/mol. The standard InChI is InChI=1S/C19H34N4O2.HI/c1-2-20-19(21-10-9-16-6-3-4-7-16)23-13-11-22(12-14-23)18(24)17-8-5-15-25-17;/h16-17H,2-15H2,1H3,(H,20,21);1H. The number of rotatable bonds is 5. The molecular formula is C19H35IN4O2. The highest BCUT2D eigenvalue weighted by Crippen LogP contribution is 2.27. The van der Waals surface area contributed by atoms with Crippen molar-refractivity contribution in [2.45, 2.75) is 58.0 Å². The molecule has 1 aliphatic carbocycles. The van der Waals surface area contributed by atoms with Gasteiger partial charge >= 0.3 is 0 Å². The first kappa shape index (κ1) is 21.7. The van der Waals surface area contributed by atoms with Gasteiger partial charge in [0.15, 0.2) is 5.96 Å². The number of nitrogens with zero attached hydrogens (tertiary/aromatic N) is 3. The van der Waals surface area contributed by atoms with E-state index in [1.54, 1.807) is 0 Å². The van der Waals surface area contributed by atoms with Gasteiger partial charge in [-0.05, 0) is 32.1 Å². The Kier molecular flexibility index (Phi) is 9.45. The van der Waals surface area contributed by atoms with Crippen LogP contribution in [0.25, 0.3) is 0 Å². The van der Waals surface area contributed by atoms with Crippen molar-refractivity contribution in [1.29, 1.82) is 0 Å². The summed E-state index contributed by atoms with van der Waals surface area (Å²) < 4.78 is 5.54. The van der Waals surface area contributed by atoms with Gasteiger partial charge in [-0.2, -0.15) is 0 Å². The van der Waals surface area contributed by atoms with Gasteiger partial charge < -0.3 is 19.9 Å². The number of carbonyl (C=O) groups excluding carboxylic acids is 1. The Balaban J connectivity index is 0.00000243. The van der Waals surface area contributed by atoms with E-state index < -0.39 is 0 Å². The lowest BCUT2D eigenvalue weighted by Crippen LogP contribution is -2.55. The van der Waals surface area contributed by atoms with Crippen LogP contribution in [0.15, 0.2) is 4.99 Å². The molecule has 3 aliphatic rings. The van der Waals surface area contributed by atoms with E-state index in [2.05, 4.69) is 17.1 Å². The van der Waals surface area contributed by atoms with Gasteiger partial charge in [0, 0.05) is 45.9 Å². The number of carbonyl (C=O) groups is 1. The minimum Gasteiger partial charge on any atom is -0.368 e. The highest BCUT2D eigenvalue weighted by Gasteiger charge is 2.30. The molecule has 1 amide bonds. The van der Waals surface area contributed by atoms with E-state index >= 15 is 0 Å². The van der Waals surface area contributed by atoms with Crippen molar-refractivity contribution >= 4 is 35.8 Å². The molecule has 1 N–H and O–H groups in total. The van der Waals surface area contributed by atoms with Gasteiger partial charge in [0.05, 0.1) is 0 Å². The van der Waals surface area contributed by atoms with Crippen LogP contribution in [0, 0.1) is 5.92 Å². The molecule has 7 heteroatoms. The molecule has 0 spiro atoms. The van der Waals surface area contributed by atoms with Gasteiger partial charge in [0.25, 0.3) is 5.91 Å². The molecule has 0 radical (unpaired) electrons. The average Bonchev–Trinajstić information content (AvgIpc) is 3.34. The highest BCUT2D eigenvalue weighted by atomic mass is 127. The Hall–Kier alpha value is -0.570. The number of hydrogen-bond donors (Lipinski definition) is 1. The Labute approximate surface area is 175 Å². The maximum absolute atomic E-state index is 12.5. The zero-order valence-corrected chi connectivity index (χ0v) is 18.5. The SMILES string of the molecule is CCNC(=NCCC1CCCC1)N1CCN(C(=O)C2CCCO2)CC1.I. The lowest BCUT2D eigenvalue weighted by Gasteiger charge is -2.37. The van der Waals surface area contributed by atoms with Crippen LogP contribution in [-0.4, -0.2) is 73.6 Å². The number of halogens is 1. The third-order valence-electron chi connectivity index (χ3n) is 5.70.